The van der Waals surface area contributed by atoms with Gasteiger partial charge in [0.15, 0.2) is 23.1 Å². The van der Waals surface area contributed by atoms with Crippen molar-refractivity contribution in [1.82, 2.24) is 14.3 Å². The molecule has 0 aliphatic rings. The Bertz CT molecular complexity index is 1800. The van der Waals surface area contributed by atoms with E-state index in [2.05, 4.69) is 10.3 Å². The molecule has 0 unspecified atom stereocenters. The number of hydrogen-bond donors (Lipinski definition) is 1. The van der Waals surface area contributed by atoms with Gasteiger partial charge in [0, 0.05) is 35.9 Å². The molecule has 0 saturated heterocycles. The molecule has 0 atom stereocenters. The number of nitrogens with zero attached hydrogens (tertiary/aromatic N) is 3. The average Bonchev–Trinajstić information content (AvgIpc) is 3.23. The van der Waals surface area contributed by atoms with Crippen molar-refractivity contribution in [2.45, 2.75) is 26.8 Å². The number of pyridine rings is 1. The number of ether oxygens (including phenoxy) is 3. The van der Waals surface area contributed by atoms with Crippen LogP contribution in [0.3, 0.4) is 0 Å². The molecule has 9 nitrogen and oxygen atoms in total. The van der Waals surface area contributed by atoms with Crippen LogP contribution in [0, 0.1) is 12.7 Å². The molecule has 0 radical (unpaired) electrons. The molecule has 0 bridgehead atoms. The highest BCUT2D eigenvalue weighted by molar-refractivity contribution is 6.05. The molecule has 5 rings (SSSR count). The van der Waals surface area contributed by atoms with Crippen LogP contribution in [0.1, 0.15) is 29.4 Å². The Hall–Kier alpha value is -5.12. The third kappa shape index (κ3) is 5.23. The van der Waals surface area contributed by atoms with E-state index in [1.54, 1.807) is 48.1 Å². The van der Waals surface area contributed by atoms with E-state index in [0.29, 0.717) is 46.1 Å². The van der Waals surface area contributed by atoms with Crippen molar-refractivity contribution in [3.63, 3.8) is 0 Å². The molecule has 0 aliphatic carbocycles. The Kier molecular flexibility index (Phi) is 7.73. The number of hydrogen-bond acceptors (Lipinski definition) is 6. The number of amides is 1. The van der Waals surface area contributed by atoms with Gasteiger partial charge in [-0.3, -0.25) is 19.3 Å². The second-order valence-electron chi connectivity index (χ2n) is 9.27. The number of methoxy groups -OCH3 is 2. The minimum absolute atomic E-state index is 0.00401. The first kappa shape index (κ1) is 27.4. The van der Waals surface area contributed by atoms with Gasteiger partial charge in [-0.1, -0.05) is 25.1 Å². The van der Waals surface area contributed by atoms with Crippen LogP contribution >= 0.6 is 0 Å². The molecule has 3 aromatic carbocycles. The SMILES string of the molecule is CCCn1c(C)c(C(=O)Nc2ccc(Oc3ccnc4cc(OC)c(OC)cc34)c(F)c2)c(=O)n1-c1ccccc1. The zero-order chi connectivity index (χ0) is 29.1. The molecule has 10 heteroatoms. The molecular formula is C31H29FN4O5. The Labute approximate surface area is 235 Å². The van der Waals surface area contributed by atoms with Crippen molar-refractivity contribution in [2.24, 2.45) is 0 Å². The van der Waals surface area contributed by atoms with Crippen LogP contribution < -0.4 is 25.1 Å². The molecule has 0 aliphatic heterocycles. The smallest absolute Gasteiger partial charge is 0.284 e. The first-order chi connectivity index (χ1) is 19.9. The molecule has 0 saturated carbocycles. The normalized spacial score (nSPS) is 11.0. The van der Waals surface area contributed by atoms with Crippen molar-refractivity contribution in [2.75, 3.05) is 19.5 Å². The van der Waals surface area contributed by atoms with Gasteiger partial charge in [0.25, 0.3) is 11.5 Å². The summed E-state index contributed by atoms with van der Waals surface area (Å²) in [5.74, 6) is -0.0306. The maximum atomic E-state index is 15.2. The number of carbonyl (C=O) groups excluding carboxylic acids is 1. The largest absolute Gasteiger partial charge is 0.493 e. The van der Waals surface area contributed by atoms with Crippen molar-refractivity contribution >= 4 is 22.5 Å². The van der Waals surface area contributed by atoms with Gasteiger partial charge >= 0.3 is 0 Å². The minimum atomic E-state index is -0.699. The van der Waals surface area contributed by atoms with Gasteiger partial charge < -0.3 is 19.5 Å². The van der Waals surface area contributed by atoms with E-state index in [9.17, 15) is 9.59 Å². The van der Waals surface area contributed by atoms with Gasteiger partial charge in [0.1, 0.15) is 11.3 Å². The summed E-state index contributed by atoms with van der Waals surface area (Å²) in [6, 6.07) is 18.2. The first-order valence-electron chi connectivity index (χ1n) is 13.0. The summed E-state index contributed by atoms with van der Waals surface area (Å²) in [7, 11) is 3.05. The maximum Gasteiger partial charge on any atom is 0.284 e. The summed E-state index contributed by atoms with van der Waals surface area (Å²) in [4.78, 5) is 31.0. The third-order valence-electron chi connectivity index (χ3n) is 6.68. The topological polar surface area (TPSA) is 96.6 Å². The lowest BCUT2D eigenvalue weighted by molar-refractivity contribution is 0.102. The Morgan fingerprint density at radius 2 is 1.68 bits per heavy atom. The van der Waals surface area contributed by atoms with E-state index < -0.39 is 17.3 Å². The lowest BCUT2D eigenvalue weighted by atomic mass is 10.1. The van der Waals surface area contributed by atoms with E-state index in [4.69, 9.17) is 14.2 Å². The molecular weight excluding hydrogens is 527 g/mol. The predicted octanol–water partition coefficient (Wildman–Crippen LogP) is 6.11. The number of benzene rings is 3. The Morgan fingerprint density at radius 3 is 2.37 bits per heavy atom. The molecule has 41 heavy (non-hydrogen) atoms. The van der Waals surface area contributed by atoms with E-state index in [0.717, 1.165) is 12.5 Å². The van der Waals surface area contributed by atoms with E-state index in [1.165, 1.54) is 31.0 Å². The number of halogens is 1. The number of anilines is 1. The summed E-state index contributed by atoms with van der Waals surface area (Å²) in [5.41, 5.74) is 1.48. The highest BCUT2D eigenvalue weighted by Gasteiger charge is 2.24. The van der Waals surface area contributed by atoms with Crippen molar-refractivity contribution < 1.29 is 23.4 Å². The predicted molar refractivity (Wildman–Crippen MR) is 154 cm³/mol. The average molecular weight is 557 g/mol. The highest BCUT2D eigenvalue weighted by atomic mass is 19.1. The zero-order valence-corrected chi connectivity index (χ0v) is 23.1. The van der Waals surface area contributed by atoms with Crippen molar-refractivity contribution in [3.05, 3.63) is 100 Å². The lowest BCUT2D eigenvalue weighted by Gasteiger charge is -2.13. The standard InChI is InChI=1S/C31H29FN4O5/c1-5-15-35-19(2)29(31(38)36(35)21-9-7-6-8-10-21)30(37)34-20-11-12-26(23(32)16-20)41-25-13-14-33-24-18-28(40-4)27(39-3)17-22(24)25/h6-14,16-18H,5,15H2,1-4H3,(H,34,37). The van der Waals surface area contributed by atoms with Gasteiger partial charge in [0.05, 0.1) is 31.1 Å². The summed E-state index contributed by atoms with van der Waals surface area (Å²) in [5, 5.41) is 3.26. The van der Waals surface area contributed by atoms with Gasteiger partial charge in [-0.25, -0.2) is 9.07 Å². The molecule has 1 N–H and O–H groups in total. The molecule has 0 spiro atoms. The number of carbonyl (C=O) groups is 1. The van der Waals surface area contributed by atoms with E-state index in [1.807, 2.05) is 25.1 Å². The quantitative estimate of drug-likeness (QED) is 0.235. The highest BCUT2D eigenvalue weighted by Crippen LogP contribution is 2.37. The van der Waals surface area contributed by atoms with Crippen LogP contribution in [0.15, 0.2) is 77.7 Å². The van der Waals surface area contributed by atoms with Crippen LogP contribution in [-0.2, 0) is 6.54 Å². The third-order valence-corrected chi connectivity index (χ3v) is 6.68. The molecule has 210 valence electrons. The van der Waals surface area contributed by atoms with Crippen LogP contribution in [-0.4, -0.2) is 34.5 Å². The minimum Gasteiger partial charge on any atom is -0.493 e. The molecule has 0 fully saturated rings. The second-order valence-corrected chi connectivity index (χ2v) is 9.27. The van der Waals surface area contributed by atoms with Crippen molar-refractivity contribution in [3.8, 4) is 28.7 Å². The van der Waals surface area contributed by atoms with Crippen LogP contribution in [0.25, 0.3) is 16.6 Å². The van der Waals surface area contributed by atoms with Crippen LogP contribution in [0.4, 0.5) is 10.1 Å². The summed E-state index contributed by atoms with van der Waals surface area (Å²) in [6.45, 7) is 4.27. The Balaban J connectivity index is 1.42. The Morgan fingerprint density at radius 1 is 0.951 bits per heavy atom. The van der Waals surface area contributed by atoms with E-state index >= 15 is 4.39 Å². The van der Waals surface area contributed by atoms with Crippen molar-refractivity contribution in [1.29, 1.82) is 0 Å². The summed E-state index contributed by atoms with van der Waals surface area (Å²) in [6.07, 6.45) is 2.31. The molecule has 2 aromatic heterocycles. The van der Waals surface area contributed by atoms with E-state index in [-0.39, 0.29) is 17.0 Å². The summed E-state index contributed by atoms with van der Waals surface area (Å²) >= 11 is 0. The summed E-state index contributed by atoms with van der Waals surface area (Å²) < 4.78 is 35.1. The second kappa shape index (κ2) is 11.5. The fourth-order valence-corrected chi connectivity index (χ4v) is 4.73. The molecule has 1 amide bonds. The van der Waals surface area contributed by atoms with Gasteiger partial charge in [0.2, 0.25) is 0 Å². The van der Waals surface area contributed by atoms with Gasteiger partial charge in [-0.15, -0.1) is 0 Å². The first-order valence-corrected chi connectivity index (χ1v) is 13.0. The fraction of sp³-hybridized carbons (Fsp3) is 0.194. The lowest BCUT2D eigenvalue weighted by Crippen LogP contribution is -2.25. The number of aromatic nitrogens is 3. The fourth-order valence-electron chi connectivity index (χ4n) is 4.73. The zero-order valence-electron chi connectivity index (χ0n) is 23.1. The van der Waals surface area contributed by atoms with Gasteiger partial charge in [-0.2, -0.15) is 0 Å². The molecule has 2 heterocycles. The number of para-hydroxylation sites is 1. The van der Waals surface area contributed by atoms with Gasteiger partial charge in [-0.05, 0) is 49.7 Å². The van der Waals surface area contributed by atoms with Crippen LogP contribution in [0.2, 0.25) is 0 Å². The van der Waals surface area contributed by atoms with Crippen LogP contribution in [0.5, 0.6) is 23.0 Å². The maximum absolute atomic E-state index is 15.2. The monoisotopic (exact) mass is 556 g/mol. The molecule has 5 aromatic rings. The number of nitrogens with one attached hydrogen (secondary N) is 1. The number of rotatable bonds is 9. The number of fused-ring (bicyclic) bond motifs is 1.